The summed E-state index contributed by atoms with van der Waals surface area (Å²) >= 11 is 7.24. The van der Waals surface area contributed by atoms with Gasteiger partial charge in [0.2, 0.25) is 5.79 Å². The van der Waals surface area contributed by atoms with Crippen molar-refractivity contribution in [3.63, 3.8) is 0 Å². The lowest BCUT2D eigenvalue weighted by Gasteiger charge is -2.46. The van der Waals surface area contributed by atoms with Crippen molar-refractivity contribution in [3.05, 3.63) is 64.2 Å². The molecule has 0 spiro atoms. The lowest BCUT2D eigenvalue weighted by atomic mass is 9.87. The average molecular weight is 469 g/mol. The van der Waals surface area contributed by atoms with Crippen LogP contribution in [0.4, 0.5) is 0 Å². The van der Waals surface area contributed by atoms with Crippen molar-refractivity contribution in [3.8, 4) is 5.75 Å². The molecule has 1 saturated heterocycles. The van der Waals surface area contributed by atoms with E-state index in [9.17, 15) is 25.2 Å². The minimum atomic E-state index is -2.29. The second kappa shape index (κ2) is 9.87. The Hall–Kier alpha value is -1.65. The van der Waals surface area contributed by atoms with Gasteiger partial charge >= 0.3 is 0 Å². The number of aliphatic hydroxyl groups is 4. The molecular formula is C22H25ClO7S. The summed E-state index contributed by atoms with van der Waals surface area (Å²) in [5, 5.41) is 42.5. The number of hydrogen-bond donors (Lipinski definition) is 4. The molecule has 0 radical (unpaired) electrons. The van der Waals surface area contributed by atoms with Gasteiger partial charge in [0.15, 0.2) is 5.12 Å². The molecule has 5 atom stereocenters. The van der Waals surface area contributed by atoms with Gasteiger partial charge in [-0.05, 0) is 41.8 Å². The standard InChI is InChI=1S/C22H25ClO7S/c1-12(24)31-11-18-19(25)20(26)21(27)22(28,30-18)15-5-8-17(23)14(10-15)9-13-3-6-16(29-2)7-4-13/h3-8,10,18-21,25-28H,9,11H2,1-2H3/t18-,19-,20+,21-,22-/m1/s1. The third-order valence-electron chi connectivity index (χ3n) is 5.25. The molecule has 0 unspecified atom stereocenters. The maximum Gasteiger partial charge on any atom is 0.222 e. The van der Waals surface area contributed by atoms with Gasteiger partial charge in [-0.3, -0.25) is 4.79 Å². The van der Waals surface area contributed by atoms with Gasteiger partial charge in [-0.2, -0.15) is 0 Å². The zero-order chi connectivity index (χ0) is 22.8. The van der Waals surface area contributed by atoms with E-state index in [2.05, 4.69) is 0 Å². The summed E-state index contributed by atoms with van der Waals surface area (Å²) in [6.07, 6.45) is -5.57. The van der Waals surface area contributed by atoms with Gasteiger partial charge in [-0.25, -0.2) is 0 Å². The first-order chi connectivity index (χ1) is 14.7. The summed E-state index contributed by atoms with van der Waals surface area (Å²) in [7, 11) is 1.58. The van der Waals surface area contributed by atoms with Crippen LogP contribution in [-0.2, 0) is 21.7 Å². The number of ether oxygens (including phenoxy) is 2. The van der Waals surface area contributed by atoms with Gasteiger partial charge < -0.3 is 29.9 Å². The highest BCUT2D eigenvalue weighted by atomic mass is 35.5. The van der Waals surface area contributed by atoms with Gasteiger partial charge in [-0.15, -0.1) is 0 Å². The molecule has 168 valence electrons. The SMILES string of the molecule is COc1ccc(Cc2cc([C@@]3(O)O[C@H](CSC(C)=O)[C@@H](O)[C@H](O)[C@H]3O)ccc2Cl)cc1. The third kappa shape index (κ3) is 5.23. The summed E-state index contributed by atoms with van der Waals surface area (Å²) < 4.78 is 10.8. The van der Waals surface area contributed by atoms with E-state index < -0.39 is 30.2 Å². The van der Waals surface area contributed by atoms with Gasteiger partial charge in [-0.1, -0.05) is 41.6 Å². The normalized spacial score (nSPS) is 28.4. The Kier molecular flexibility index (Phi) is 7.64. The molecule has 0 bridgehead atoms. The van der Waals surface area contributed by atoms with E-state index in [0.29, 0.717) is 17.0 Å². The highest BCUT2D eigenvalue weighted by molar-refractivity contribution is 8.13. The van der Waals surface area contributed by atoms with E-state index in [-0.39, 0.29) is 16.4 Å². The fraction of sp³-hybridized carbons (Fsp3) is 0.409. The number of thioether (sulfide) groups is 1. The van der Waals surface area contributed by atoms with Crippen molar-refractivity contribution in [1.29, 1.82) is 0 Å². The molecule has 3 rings (SSSR count). The largest absolute Gasteiger partial charge is 0.497 e. The summed E-state index contributed by atoms with van der Waals surface area (Å²) in [6, 6.07) is 12.1. The third-order valence-corrected chi connectivity index (χ3v) is 6.52. The Bertz CT molecular complexity index is 923. The van der Waals surface area contributed by atoms with Crippen LogP contribution >= 0.6 is 23.4 Å². The zero-order valence-corrected chi connectivity index (χ0v) is 18.6. The topological polar surface area (TPSA) is 116 Å². The lowest BCUT2D eigenvalue weighted by Crippen LogP contribution is -2.63. The molecule has 4 N–H and O–H groups in total. The Morgan fingerprint density at radius 1 is 1.16 bits per heavy atom. The summed E-state index contributed by atoms with van der Waals surface area (Å²) in [5.74, 6) is -1.56. The Labute approximate surface area is 189 Å². The summed E-state index contributed by atoms with van der Waals surface area (Å²) in [6.45, 7) is 1.36. The van der Waals surface area contributed by atoms with Crippen LogP contribution < -0.4 is 4.74 Å². The highest BCUT2D eigenvalue weighted by Crippen LogP contribution is 2.38. The fourth-order valence-electron chi connectivity index (χ4n) is 3.48. The smallest absolute Gasteiger partial charge is 0.222 e. The first-order valence-electron chi connectivity index (χ1n) is 9.65. The maximum atomic E-state index is 11.3. The monoisotopic (exact) mass is 468 g/mol. The number of methoxy groups -OCH3 is 1. The van der Waals surface area contributed by atoms with Crippen molar-refractivity contribution in [2.24, 2.45) is 0 Å². The second-order valence-electron chi connectivity index (χ2n) is 7.41. The number of hydrogen-bond acceptors (Lipinski definition) is 8. The lowest BCUT2D eigenvalue weighted by molar-refractivity contribution is -0.350. The van der Waals surface area contributed by atoms with Crippen LogP contribution in [-0.4, -0.2) is 62.8 Å². The Morgan fingerprint density at radius 2 is 1.84 bits per heavy atom. The molecule has 1 heterocycles. The first kappa shape index (κ1) is 24.0. The fourth-order valence-corrected chi connectivity index (χ4v) is 4.32. The van der Waals surface area contributed by atoms with E-state index in [1.54, 1.807) is 19.2 Å². The summed E-state index contributed by atoms with van der Waals surface area (Å²) in [5.41, 5.74) is 1.80. The number of rotatable bonds is 6. The molecule has 7 nitrogen and oxygen atoms in total. The highest BCUT2D eigenvalue weighted by Gasteiger charge is 2.53. The van der Waals surface area contributed by atoms with Crippen molar-refractivity contribution in [2.75, 3.05) is 12.9 Å². The van der Waals surface area contributed by atoms with Gasteiger partial charge in [0, 0.05) is 23.3 Å². The number of carbonyl (C=O) groups is 1. The molecule has 1 aliphatic rings. The molecule has 31 heavy (non-hydrogen) atoms. The van der Waals surface area contributed by atoms with Gasteiger partial charge in [0.05, 0.1) is 13.2 Å². The molecule has 9 heteroatoms. The molecular weight excluding hydrogens is 444 g/mol. The van der Waals surface area contributed by atoms with Crippen LogP contribution in [0.5, 0.6) is 5.75 Å². The van der Waals surface area contributed by atoms with E-state index in [1.807, 2.05) is 24.3 Å². The molecule has 1 aliphatic heterocycles. The van der Waals surface area contributed by atoms with Crippen molar-refractivity contribution in [2.45, 2.75) is 43.5 Å². The van der Waals surface area contributed by atoms with E-state index in [1.165, 1.54) is 13.0 Å². The van der Waals surface area contributed by atoms with Crippen molar-refractivity contribution >= 4 is 28.5 Å². The van der Waals surface area contributed by atoms with Crippen LogP contribution in [0.1, 0.15) is 23.6 Å². The number of benzene rings is 2. The molecule has 0 saturated carbocycles. The predicted molar refractivity (Wildman–Crippen MR) is 117 cm³/mol. The number of carbonyl (C=O) groups excluding carboxylic acids is 1. The zero-order valence-electron chi connectivity index (χ0n) is 17.1. The second-order valence-corrected chi connectivity index (χ2v) is 9.02. The van der Waals surface area contributed by atoms with Crippen molar-refractivity contribution in [1.82, 2.24) is 0 Å². The molecule has 0 amide bonds. The van der Waals surface area contributed by atoms with Crippen LogP contribution in [0.25, 0.3) is 0 Å². The van der Waals surface area contributed by atoms with Crippen LogP contribution in [0, 0.1) is 0 Å². The van der Waals surface area contributed by atoms with Crippen LogP contribution in [0.15, 0.2) is 42.5 Å². The molecule has 0 aliphatic carbocycles. The maximum absolute atomic E-state index is 11.3. The molecule has 1 fully saturated rings. The minimum Gasteiger partial charge on any atom is -0.497 e. The molecule has 0 aromatic heterocycles. The van der Waals surface area contributed by atoms with Crippen LogP contribution in [0.2, 0.25) is 5.02 Å². The van der Waals surface area contributed by atoms with Crippen molar-refractivity contribution < 1.29 is 34.7 Å². The van der Waals surface area contributed by atoms with Gasteiger partial charge in [0.25, 0.3) is 0 Å². The van der Waals surface area contributed by atoms with E-state index in [4.69, 9.17) is 21.1 Å². The van der Waals surface area contributed by atoms with E-state index in [0.717, 1.165) is 23.1 Å². The molecule has 2 aromatic rings. The predicted octanol–water partition coefficient (Wildman–Crippen LogP) is 1.85. The van der Waals surface area contributed by atoms with Crippen LogP contribution in [0.3, 0.4) is 0 Å². The number of aliphatic hydroxyl groups excluding tert-OH is 3. The number of halogens is 1. The molecule has 2 aromatic carbocycles. The average Bonchev–Trinajstić information content (AvgIpc) is 2.75. The summed E-state index contributed by atoms with van der Waals surface area (Å²) in [4.78, 5) is 11.3. The Morgan fingerprint density at radius 3 is 2.45 bits per heavy atom. The first-order valence-corrected chi connectivity index (χ1v) is 11.0. The van der Waals surface area contributed by atoms with Gasteiger partial charge in [0.1, 0.15) is 24.1 Å². The quantitative estimate of drug-likeness (QED) is 0.507. The minimum absolute atomic E-state index is 0.00881. The van der Waals surface area contributed by atoms with E-state index >= 15 is 0 Å². The Balaban J connectivity index is 1.90.